The van der Waals surface area contributed by atoms with Crippen LogP contribution < -0.4 is 10.6 Å². The molecule has 1 aromatic carbocycles. The quantitative estimate of drug-likeness (QED) is 0.497. The zero-order chi connectivity index (χ0) is 15.0. The fourth-order valence-corrected chi connectivity index (χ4v) is 1.42. The molecule has 1 rings (SSSR count). The van der Waals surface area contributed by atoms with Crippen molar-refractivity contribution in [1.29, 1.82) is 0 Å². The Morgan fingerprint density at radius 1 is 1.15 bits per heavy atom. The number of alkyl halides is 3. The van der Waals surface area contributed by atoms with Crippen molar-refractivity contribution in [1.82, 2.24) is 10.6 Å². The maximum Gasteiger partial charge on any atom is 0.390 e. The fraction of sp³-hybridized carbons (Fsp3) is 0.462. The Balaban J connectivity index is 2.51. The molecule has 20 heavy (non-hydrogen) atoms. The molecule has 0 fully saturated rings. The van der Waals surface area contributed by atoms with E-state index in [2.05, 4.69) is 15.6 Å². The molecule has 0 atom stereocenters. The van der Waals surface area contributed by atoms with Crippen molar-refractivity contribution in [2.24, 2.45) is 4.99 Å². The summed E-state index contributed by atoms with van der Waals surface area (Å²) in [5.41, 5.74) is 0.777. The van der Waals surface area contributed by atoms with Gasteiger partial charge in [-0.05, 0) is 24.6 Å². The number of benzene rings is 1. The summed E-state index contributed by atoms with van der Waals surface area (Å²) in [5, 5.41) is 5.45. The Morgan fingerprint density at radius 3 is 2.35 bits per heavy atom. The zero-order valence-electron chi connectivity index (χ0n) is 11.1. The van der Waals surface area contributed by atoms with Gasteiger partial charge in [0, 0.05) is 13.1 Å². The van der Waals surface area contributed by atoms with Gasteiger partial charge in [-0.3, -0.25) is 0 Å². The lowest BCUT2D eigenvalue weighted by Crippen LogP contribution is -2.38. The zero-order valence-corrected chi connectivity index (χ0v) is 11.1. The highest BCUT2D eigenvalue weighted by Crippen LogP contribution is 2.18. The number of hydrogen-bond donors (Lipinski definition) is 2. The van der Waals surface area contributed by atoms with Crippen LogP contribution in [0.5, 0.6) is 0 Å². The highest BCUT2D eigenvalue weighted by atomic mass is 19.4. The number of hydrogen-bond acceptors (Lipinski definition) is 1. The van der Waals surface area contributed by atoms with Crippen LogP contribution >= 0.6 is 0 Å². The van der Waals surface area contributed by atoms with Crippen LogP contribution in [0.1, 0.15) is 18.9 Å². The maximum atomic E-state index is 12.7. The van der Waals surface area contributed by atoms with Crippen molar-refractivity contribution in [3.8, 4) is 0 Å². The van der Waals surface area contributed by atoms with E-state index < -0.39 is 12.6 Å². The predicted molar refractivity (Wildman–Crippen MR) is 69.9 cm³/mol. The Kier molecular flexibility index (Phi) is 6.27. The second kappa shape index (κ2) is 7.72. The average Bonchev–Trinajstić information content (AvgIpc) is 2.36. The van der Waals surface area contributed by atoms with Crippen molar-refractivity contribution in [2.75, 3.05) is 13.1 Å². The Morgan fingerprint density at radius 2 is 1.80 bits per heavy atom. The standard InChI is InChI=1S/C13H17F4N3/c1-2-18-12(19-8-7-13(15,16)17)20-9-10-3-5-11(14)6-4-10/h3-6H,2,7-9H2,1H3,(H2,18,19,20). The molecule has 0 spiro atoms. The van der Waals surface area contributed by atoms with Crippen LogP contribution in [0, 0.1) is 5.82 Å². The Bertz CT molecular complexity index is 426. The first-order valence-corrected chi connectivity index (χ1v) is 6.24. The lowest BCUT2D eigenvalue weighted by atomic mass is 10.2. The van der Waals surface area contributed by atoms with E-state index in [0.717, 1.165) is 5.56 Å². The van der Waals surface area contributed by atoms with E-state index in [0.29, 0.717) is 12.5 Å². The van der Waals surface area contributed by atoms with E-state index >= 15 is 0 Å². The molecule has 0 saturated heterocycles. The summed E-state index contributed by atoms with van der Waals surface area (Å²) in [7, 11) is 0. The summed E-state index contributed by atoms with van der Waals surface area (Å²) in [5.74, 6) is -0.0333. The van der Waals surface area contributed by atoms with Crippen LogP contribution in [-0.2, 0) is 6.54 Å². The predicted octanol–water partition coefficient (Wildman–Crippen LogP) is 2.83. The van der Waals surface area contributed by atoms with Gasteiger partial charge in [-0.1, -0.05) is 12.1 Å². The molecule has 2 N–H and O–H groups in total. The molecule has 0 bridgehead atoms. The van der Waals surface area contributed by atoms with Crippen molar-refractivity contribution in [2.45, 2.75) is 26.1 Å². The van der Waals surface area contributed by atoms with Crippen LogP contribution in [0.3, 0.4) is 0 Å². The number of halogens is 4. The van der Waals surface area contributed by atoms with Crippen LogP contribution in [-0.4, -0.2) is 25.2 Å². The van der Waals surface area contributed by atoms with Crippen LogP contribution in [0.25, 0.3) is 0 Å². The molecule has 0 amide bonds. The SMILES string of the molecule is CCNC(=NCc1ccc(F)cc1)NCCC(F)(F)F. The molecule has 0 aliphatic heterocycles. The van der Waals surface area contributed by atoms with Gasteiger partial charge in [0.15, 0.2) is 5.96 Å². The van der Waals surface area contributed by atoms with Crippen molar-refractivity contribution in [3.05, 3.63) is 35.6 Å². The van der Waals surface area contributed by atoms with Crippen molar-refractivity contribution < 1.29 is 17.6 Å². The van der Waals surface area contributed by atoms with Gasteiger partial charge in [-0.15, -0.1) is 0 Å². The van der Waals surface area contributed by atoms with E-state index in [-0.39, 0.29) is 18.9 Å². The number of guanidine groups is 1. The monoisotopic (exact) mass is 291 g/mol. The van der Waals surface area contributed by atoms with Gasteiger partial charge >= 0.3 is 6.18 Å². The molecular weight excluding hydrogens is 274 g/mol. The topological polar surface area (TPSA) is 36.4 Å². The Labute approximate surface area is 115 Å². The number of nitrogens with one attached hydrogen (secondary N) is 2. The molecule has 0 aliphatic carbocycles. The minimum absolute atomic E-state index is 0.237. The first-order valence-electron chi connectivity index (χ1n) is 6.24. The van der Waals surface area contributed by atoms with Crippen LogP contribution in [0.2, 0.25) is 0 Å². The van der Waals surface area contributed by atoms with Gasteiger partial charge in [-0.2, -0.15) is 13.2 Å². The summed E-state index contributed by atoms with van der Waals surface area (Å²) >= 11 is 0. The minimum atomic E-state index is -4.19. The molecule has 112 valence electrons. The molecule has 0 aliphatic rings. The van der Waals surface area contributed by atoms with Gasteiger partial charge in [0.25, 0.3) is 0 Å². The molecule has 1 aromatic rings. The van der Waals surface area contributed by atoms with E-state index in [1.807, 2.05) is 6.92 Å². The highest BCUT2D eigenvalue weighted by molar-refractivity contribution is 5.79. The molecule has 0 radical (unpaired) electrons. The summed E-state index contributed by atoms with van der Waals surface area (Å²) < 4.78 is 48.9. The maximum absolute atomic E-state index is 12.7. The van der Waals surface area contributed by atoms with Crippen molar-refractivity contribution in [3.63, 3.8) is 0 Å². The van der Waals surface area contributed by atoms with Crippen LogP contribution in [0.15, 0.2) is 29.3 Å². The van der Waals surface area contributed by atoms with E-state index in [1.165, 1.54) is 12.1 Å². The minimum Gasteiger partial charge on any atom is -0.357 e. The second-order valence-electron chi connectivity index (χ2n) is 4.11. The molecule has 0 saturated carbocycles. The summed E-state index contributed by atoms with van der Waals surface area (Å²) in [6.45, 7) is 2.39. The number of nitrogens with zero attached hydrogens (tertiary/aromatic N) is 1. The van der Waals surface area contributed by atoms with Gasteiger partial charge < -0.3 is 10.6 Å². The first-order chi connectivity index (χ1) is 9.40. The van der Waals surface area contributed by atoms with Gasteiger partial charge in [0.1, 0.15) is 5.82 Å². The summed E-state index contributed by atoms with van der Waals surface area (Å²) in [4.78, 5) is 4.14. The van der Waals surface area contributed by atoms with Gasteiger partial charge in [-0.25, -0.2) is 9.38 Å². The van der Waals surface area contributed by atoms with Gasteiger partial charge in [0.2, 0.25) is 0 Å². The third-order valence-electron chi connectivity index (χ3n) is 2.38. The lowest BCUT2D eigenvalue weighted by molar-refractivity contribution is -0.132. The average molecular weight is 291 g/mol. The molecule has 0 aromatic heterocycles. The summed E-state index contributed by atoms with van der Waals surface area (Å²) in [6.07, 6.45) is -5.12. The van der Waals surface area contributed by atoms with Crippen LogP contribution in [0.4, 0.5) is 17.6 Å². The van der Waals surface area contributed by atoms with E-state index in [1.54, 1.807) is 12.1 Å². The van der Waals surface area contributed by atoms with E-state index in [4.69, 9.17) is 0 Å². The number of aliphatic imine (C=N–C) groups is 1. The molecule has 3 nitrogen and oxygen atoms in total. The smallest absolute Gasteiger partial charge is 0.357 e. The van der Waals surface area contributed by atoms with E-state index in [9.17, 15) is 17.6 Å². The highest BCUT2D eigenvalue weighted by Gasteiger charge is 2.26. The van der Waals surface area contributed by atoms with Gasteiger partial charge in [0.05, 0.1) is 13.0 Å². The fourth-order valence-electron chi connectivity index (χ4n) is 1.42. The lowest BCUT2D eigenvalue weighted by Gasteiger charge is -2.12. The largest absolute Gasteiger partial charge is 0.390 e. The molecule has 0 heterocycles. The molecule has 0 unspecified atom stereocenters. The van der Waals surface area contributed by atoms with Crippen molar-refractivity contribution >= 4 is 5.96 Å². The first kappa shape index (κ1) is 16.3. The normalized spacial score (nSPS) is 12.3. The Hall–Kier alpha value is -1.79. The second-order valence-corrected chi connectivity index (χ2v) is 4.11. The molecule has 7 heteroatoms. The number of rotatable bonds is 5. The third kappa shape index (κ3) is 6.96. The third-order valence-corrected chi connectivity index (χ3v) is 2.38. The molecular formula is C13H17F4N3. The summed E-state index contributed by atoms with van der Waals surface area (Å²) in [6, 6.07) is 5.79.